The first-order chi connectivity index (χ1) is 12.5. The summed E-state index contributed by atoms with van der Waals surface area (Å²) in [5.41, 5.74) is 8.43. The van der Waals surface area contributed by atoms with Crippen LogP contribution >= 0.6 is 11.6 Å². The number of carbonyl (C=O) groups excluding carboxylic acids is 2. The maximum Gasteiger partial charge on any atom is 0.223 e. The van der Waals surface area contributed by atoms with E-state index >= 15 is 0 Å². The van der Waals surface area contributed by atoms with Crippen LogP contribution in [-0.4, -0.2) is 23.1 Å². The molecule has 0 fully saturated rings. The Kier molecular flexibility index (Phi) is 7.67. The molecule has 0 atom stereocenters. The zero-order valence-corrected chi connectivity index (χ0v) is 15.8. The first-order valence-electron chi connectivity index (χ1n) is 8.86. The van der Waals surface area contributed by atoms with Crippen molar-refractivity contribution in [2.24, 2.45) is 0 Å². The van der Waals surface area contributed by atoms with Crippen LogP contribution in [0.1, 0.15) is 37.3 Å². The van der Waals surface area contributed by atoms with Gasteiger partial charge in [-0.1, -0.05) is 35.9 Å². The second-order valence-electron chi connectivity index (χ2n) is 6.32. The molecule has 0 unspecified atom stereocenters. The molecule has 2 N–H and O–H groups in total. The molecule has 0 aliphatic rings. The number of hydrogen-bond acceptors (Lipinski definition) is 3. The van der Waals surface area contributed by atoms with Gasteiger partial charge in [0, 0.05) is 43.1 Å². The van der Waals surface area contributed by atoms with Crippen LogP contribution in [0.5, 0.6) is 0 Å². The molecule has 1 amide bonds. The predicted octanol–water partition coefficient (Wildman–Crippen LogP) is 4.25. The molecule has 0 aromatic heterocycles. The lowest BCUT2D eigenvalue weighted by Crippen LogP contribution is -2.30. The molecule has 0 bridgehead atoms. The Balaban J connectivity index is 1.78. The van der Waals surface area contributed by atoms with E-state index in [1.54, 1.807) is 4.90 Å². The highest BCUT2D eigenvalue weighted by atomic mass is 35.5. The van der Waals surface area contributed by atoms with Crippen molar-refractivity contribution in [1.82, 2.24) is 4.90 Å². The van der Waals surface area contributed by atoms with Gasteiger partial charge in [0.05, 0.1) is 0 Å². The molecular weight excluding hydrogens is 348 g/mol. The number of Topliss-reactive ketones (excluding diaryl/α,β-unsaturated/α-hetero) is 1. The fourth-order valence-electron chi connectivity index (χ4n) is 2.73. The van der Waals surface area contributed by atoms with E-state index in [4.69, 9.17) is 17.3 Å². The maximum atomic E-state index is 12.4. The number of amides is 1. The largest absolute Gasteiger partial charge is 0.399 e. The van der Waals surface area contributed by atoms with Crippen molar-refractivity contribution in [3.05, 3.63) is 64.7 Å². The molecule has 0 heterocycles. The van der Waals surface area contributed by atoms with Crippen LogP contribution in [-0.2, 0) is 22.6 Å². The van der Waals surface area contributed by atoms with Gasteiger partial charge in [-0.15, -0.1) is 0 Å². The van der Waals surface area contributed by atoms with Crippen molar-refractivity contribution < 1.29 is 9.59 Å². The summed E-state index contributed by atoms with van der Waals surface area (Å²) in [6, 6.07) is 15.0. The minimum atomic E-state index is -0.00619. The van der Waals surface area contributed by atoms with E-state index in [0.29, 0.717) is 36.6 Å². The van der Waals surface area contributed by atoms with Crippen molar-refractivity contribution in [1.29, 1.82) is 0 Å². The molecule has 0 aliphatic carbocycles. The molecule has 0 saturated carbocycles. The molecule has 4 nitrogen and oxygen atoms in total. The third kappa shape index (κ3) is 6.52. The lowest BCUT2D eigenvalue weighted by atomic mass is 10.0. The average molecular weight is 373 g/mol. The fraction of sp³-hybridized carbons (Fsp3) is 0.333. The van der Waals surface area contributed by atoms with E-state index < -0.39 is 0 Å². The van der Waals surface area contributed by atoms with Crippen molar-refractivity contribution in [3.63, 3.8) is 0 Å². The maximum absolute atomic E-state index is 12.4. The first kappa shape index (κ1) is 20.0. The smallest absolute Gasteiger partial charge is 0.223 e. The number of nitrogens with two attached hydrogens (primary N) is 1. The van der Waals surface area contributed by atoms with Crippen molar-refractivity contribution >= 4 is 29.0 Å². The number of carbonyl (C=O) groups is 2. The number of benzene rings is 2. The number of rotatable bonds is 9. The Bertz CT molecular complexity index is 744. The van der Waals surface area contributed by atoms with E-state index in [2.05, 4.69) is 0 Å². The second-order valence-corrected chi connectivity index (χ2v) is 6.75. The van der Waals surface area contributed by atoms with Crippen molar-refractivity contribution in [2.75, 3.05) is 12.3 Å². The molecule has 5 heteroatoms. The Morgan fingerprint density at radius 3 is 2.38 bits per heavy atom. The van der Waals surface area contributed by atoms with Crippen LogP contribution in [0, 0.1) is 0 Å². The van der Waals surface area contributed by atoms with Gasteiger partial charge in [-0.25, -0.2) is 0 Å². The number of aryl methyl sites for hydroxylation is 1. The molecular formula is C21H25ClN2O2. The third-order valence-corrected chi connectivity index (χ3v) is 4.52. The Labute approximate surface area is 159 Å². The Hall–Kier alpha value is -2.33. The zero-order chi connectivity index (χ0) is 18.9. The molecule has 138 valence electrons. The highest BCUT2D eigenvalue weighted by Gasteiger charge is 2.14. The predicted molar refractivity (Wildman–Crippen MR) is 106 cm³/mol. The van der Waals surface area contributed by atoms with Crippen molar-refractivity contribution in [2.45, 2.75) is 39.2 Å². The summed E-state index contributed by atoms with van der Waals surface area (Å²) < 4.78 is 0. The number of nitrogen functional groups attached to an aromatic ring is 1. The summed E-state index contributed by atoms with van der Waals surface area (Å²) in [7, 11) is 0. The lowest BCUT2D eigenvalue weighted by molar-refractivity contribution is -0.133. The number of anilines is 1. The summed E-state index contributed by atoms with van der Waals surface area (Å²) in [5, 5.41) is 0.656. The molecule has 0 saturated heterocycles. The summed E-state index contributed by atoms with van der Waals surface area (Å²) in [6.45, 7) is 3.05. The Morgan fingerprint density at radius 1 is 1.00 bits per heavy atom. The summed E-state index contributed by atoms with van der Waals surface area (Å²) in [4.78, 5) is 26.2. The van der Waals surface area contributed by atoms with Gasteiger partial charge in [-0.2, -0.15) is 0 Å². The van der Waals surface area contributed by atoms with E-state index in [1.807, 2.05) is 55.5 Å². The minimum Gasteiger partial charge on any atom is -0.399 e. The fourth-order valence-corrected chi connectivity index (χ4v) is 2.94. The van der Waals surface area contributed by atoms with E-state index in [1.165, 1.54) is 0 Å². The third-order valence-electron chi connectivity index (χ3n) is 4.29. The number of ketones is 1. The summed E-state index contributed by atoms with van der Waals surface area (Å²) >= 11 is 5.99. The van der Waals surface area contributed by atoms with Crippen LogP contribution in [0.3, 0.4) is 0 Å². The zero-order valence-electron chi connectivity index (χ0n) is 15.1. The number of hydrogen-bond donors (Lipinski definition) is 1. The standard InChI is InChI=1S/C21H25ClN2O2/c1-2-24(15-17-4-3-5-18(22)14-17)21(26)13-12-20(25)11-8-16-6-9-19(23)10-7-16/h3-7,9-10,14H,2,8,11-13,15,23H2,1H3. The molecule has 0 spiro atoms. The van der Waals surface area contributed by atoms with Crippen LogP contribution in [0.2, 0.25) is 5.02 Å². The van der Waals surface area contributed by atoms with Crippen molar-refractivity contribution in [3.8, 4) is 0 Å². The first-order valence-corrected chi connectivity index (χ1v) is 9.24. The second kappa shape index (κ2) is 9.97. The normalized spacial score (nSPS) is 10.5. The lowest BCUT2D eigenvalue weighted by Gasteiger charge is -2.21. The van der Waals surface area contributed by atoms with Gasteiger partial charge in [0.2, 0.25) is 5.91 Å². The number of nitrogens with zero attached hydrogens (tertiary/aromatic N) is 1. The highest BCUT2D eigenvalue weighted by Crippen LogP contribution is 2.14. The summed E-state index contributed by atoms with van der Waals surface area (Å²) in [6.07, 6.45) is 1.64. The van der Waals surface area contributed by atoms with Gasteiger partial charge in [-0.3, -0.25) is 9.59 Å². The van der Waals surface area contributed by atoms with Gasteiger partial charge in [0.1, 0.15) is 5.78 Å². The van der Waals surface area contributed by atoms with E-state index in [-0.39, 0.29) is 24.5 Å². The van der Waals surface area contributed by atoms with Gasteiger partial charge in [0.15, 0.2) is 0 Å². The van der Waals surface area contributed by atoms with E-state index in [9.17, 15) is 9.59 Å². The van der Waals surface area contributed by atoms with Crippen LogP contribution in [0.25, 0.3) is 0 Å². The van der Waals surface area contributed by atoms with Crippen LogP contribution in [0.4, 0.5) is 5.69 Å². The van der Waals surface area contributed by atoms with E-state index in [0.717, 1.165) is 11.1 Å². The molecule has 2 aromatic carbocycles. The average Bonchev–Trinajstić information content (AvgIpc) is 2.63. The molecule has 0 aliphatic heterocycles. The monoisotopic (exact) mass is 372 g/mol. The van der Waals surface area contributed by atoms with Gasteiger partial charge >= 0.3 is 0 Å². The highest BCUT2D eigenvalue weighted by molar-refractivity contribution is 6.30. The molecule has 0 radical (unpaired) electrons. The molecule has 2 rings (SSSR count). The quantitative estimate of drug-likeness (QED) is 0.669. The SMILES string of the molecule is CCN(Cc1cccc(Cl)c1)C(=O)CCC(=O)CCc1ccc(N)cc1. The molecule has 2 aromatic rings. The summed E-state index contributed by atoms with van der Waals surface area (Å²) in [5.74, 6) is 0.0993. The van der Waals surface area contributed by atoms with Crippen LogP contribution in [0.15, 0.2) is 48.5 Å². The topological polar surface area (TPSA) is 63.4 Å². The van der Waals surface area contributed by atoms with Gasteiger partial charge in [0.25, 0.3) is 0 Å². The minimum absolute atomic E-state index is 0.00619. The number of halogens is 1. The molecule has 26 heavy (non-hydrogen) atoms. The van der Waals surface area contributed by atoms with Gasteiger partial charge in [-0.05, 0) is 48.7 Å². The van der Waals surface area contributed by atoms with Crippen LogP contribution < -0.4 is 5.73 Å². The Morgan fingerprint density at radius 2 is 1.73 bits per heavy atom. The van der Waals surface area contributed by atoms with Gasteiger partial charge < -0.3 is 10.6 Å².